The number of unbranched alkanes of at least 4 members (excludes halogenated alkanes) is 4. The number of aliphatic hydroxyl groups excluding tert-OH is 1. The van der Waals surface area contributed by atoms with Crippen LogP contribution in [0.5, 0.6) is 0 Å². The summed E-state index contributed by atoms with van der Waals surface area (Å²) in [4.78, 5) is 0. The lowest BCUT2D eigenvalue weighted by Crippen LogP contribution is -1.75. The molecule has 0 aromatic carbocycles. The molecule has 0 amide bonds. The van der Waals surface area contributed by atoms with Crippen LogP contribution >= 0.6 is 0 Å². The predicted molar refractivity (Wildman–Crippen MR) is 63.4 cm³/mol. The highest BCUT2D eigenvalue weighted by Gasteiger charge is 1.83. The molecule has 0 aromatic rings. The monoisotopic (exact) mass is 196 g/mol. The van der Waals surface area contributed by atoms with Gasteiger partial charge in [-0.05, 0) is 25.7 Å². The first-order chi connectivity index (χ1) is 6.91. The van der Waals surface area contributed by atoms with Gasteiger partial charge >= 0.3 is 0 Å². The maximum absolute atomic E-state index is 8.52. The zero-order valence-corrected chi connectivity index (χ0v) is 9.41. The molecule has 0 fully saturated rings. The van der Waals surface area contributed by atoms with E-state index < -0.39 is 0 Å². The molecule has 1 N–H and O–H groups in total. The van der Waals surface area contributed by atoms with Crippen molar-refractivity contribution < 1.29 is 5.11 Å². The molecule has 14 heavy (non-hydrogen) atoms. The van der Waals surface area contributed by atoms with E-state index in [1.165, 1.54) is 32.1 Å². The van der Waals surface area contributed by atoms with Gasteiger partial charge in [-0.1, -0.05) is 50.5 Å². The van der Waals surface area contributed by atoms with E-state index in [2.05, 4.69) is 25.2 Å². The molecular formula is C13H24O. The van der Waals surface area contributed by atoms with E-state index in [1.54, 1.807) is 0 Å². The van der Waals surface area contributed by atoms with Crippen molar-refractivity contribution >= 4 is 0 Å². The number of allylic oxidation sites excluding steroid dienone is 3. The van der Waals surface area contributed by atoms with Crippen LogP contribution in [0, 0.1) is 0 Å². The second-order valence-corrected chi connectivity index (χ2v) is 3.54. The van der Waals surface area contributed by atoms with E-state index >= 15 is 0 Å². The molecule has 0 aliphatic heterocycles. The average molecular weight is 196 g/mol. The minimum atomic E-state index is 0.261. The Morgan fingerprint density at radius 1 is 0.857 bits per heavy atom. The Hall–Kier alpha value is -0.560. The third kappa shape index (κ3) is 11.4. The summed E-state index contributed by atoms with van der Waals surface area (Å²) in [7, 11) is 0. The molecule has 0 heterocycles. The first-order valence-electron chi connectivity index (χ1n) is 5.82. The topological polar surface area (TPSA) is 20.2 Å². The van der Waals surface area contributed by atoms with Crippen LogP contribution < -0.4 is 0 Å². The van der Waals surface area contributed by atoms with Crippen molar-refractivity contribution in [3.05, 3.63) is 24.3 Å². The van der Waals surface area contributed by atoms with Crippen molar-refractivity contribution in [1.29, 1.82) is 0 Å². The molecule has 0 bridgehead atoms. The van der Waals surface area contributed by atoms with Crippen LogP contribution in [-0.2, 0) is 0 Å². The third-order valence-electron chi connectivity index (χ3n) is 2.13. The highest BCUT2D eigenvalue weighted by Crippen LogP contribution is 2.03. The van der Waals surface area contributed by atoms with Crippen molar-refractivity contribution in [2.75, 3.05) is 6.61 Å². The standard InChI is InChI=1S/C13H24O/c1-2-3-4-5-6-7-8-9-10-11-12-13-14/h7-8,10-11,14H,2-6,9,12-13H2,1H3. The zero-order valence-electron chi connectivity index (χ0n) is 9.41. The van der Waals surface area contributed by atoms with E-state index in [1.807, 2.05) is 6.08 Å². The van der Waals surface area contributed by atoms with Crippen LogP contribution in [0.1, 0.15) is 51.9 Å². The minimum absolute atomic E-state index is 0.261. The summed E-state index contributed by atoms with van der Waals surface area (Å²) in [5.41, 5.74) is 0. The number of aliphatic hydroxyl groups is 1. The lowest BCUT2D eigenvalue weighted by atomic mass is 10.1. The molecule has 0 saturated heterocycles. The molecule has 0 radical (unpaired) electrons. The predicted octanol–water partition coefficient (Wildman–Crippen LogP) is 3.84. The van der Waals surface area contributed by atoms with Crippen molar-refractivity contribution in [2.45, 2.75) is 51.9 Å². The van der Waals surface area contributed by atoms with Gasteiger partial charge in [0.05, 0.1) is 0 Å². The van der Waals surface area contributed by atoms with E-state index in [0.29, 0.717) is 0 Å². The highest BCUT2D eigenvalue weighted by molar-refractivity contribution is 4.92. The summed E-state index contributed by atoms with van der Waals surface area (Å²) in [6.07, 6.45) is 17.0. The molecule has 0 atom stereocenters. The van der Waals surface area contributed by atoms with Gasteiger partial charge in [-0.15, -0.1) is 0 Å². The Morgan fingerprint density at radius 3 is 2.21 bits per heavy atom. The van der Waals surface area contributed by atoms with E-state index in [9.17, 15) is 0 Å². The fourth-order valence-electron chi connectivity index (χ4n) is 1.27. The fourth-order valence-corrected chi connectivity index (χ4v) is 1.27. The van der Waals surface area contributed by atoms with Crippen LogP contribution in [-0.4, -0.2) is 11.7 Å². The summed E-state index contributed by atoms with van der Waals surface area (Å²) in [6.45, 7) is 2.50. The number of hydrogen-bond acceptors (Lipinski definition) is 1. The number of rotatable bonds is 9. The molecule has 82 valence electrons. The van der Waals surface area contributed by atoms with Crippen LogP contribution in [0.4, 0.5) is 0 Å². The van der Waals surface area contributed by atoms with Gasteiger partial charge in [0.2, 0.25) is 0 Å². The molecule has 0 aliphatic rings. The minimum Gasteiger partial charge on any atom is -0.396 e. The molecule has 0 spiro atoms. The van der Waals surface area contributed by atoms with Crippen LogP contribution in [0.25, 0.3) is 0 Å². The second kappa shape index (κ2) is 12.4. The fraction of sp³-hybridized carbons (Fsp3) is 0.692. The van der Waals surface area contributed by atoms with Gasteiger partial charge in [0.25, 0.3) is 0 Å². The maximum Gasteiger partial charge on any atom is 0.0465 e. The Bertz CT molecular complexity index is 147. The van der Waals surface area contributed by atoms with E-state index in [-0.39, 0.29) is 6.61 Å². The summed E-state index contributed by atoms with van der Waals surface area (Å²) in [5.74, 6) is 0. The molecule has 0 unspecified atom stereocenters. The van der Waals surface area contributed by atoms with E-state index in [0.717, 1.165) is 12.8 Å². The first kappa shape index (κ1) is 13.4. The van der Waals surface area contributed by atoms with Crippen LogP contribution in [0.2, 0.25) is 0 Å². The molecular weight excluding hydrogens is 172 g/mol. The third-order valence-corrected chi connectivity index (χ3v) is 2.13. The van der Waals surface area contributed by atoms with Crippen molar-refractivity contribution in [1.82, 2.24) is 0 Å². The van der Waals surface area contributed by atoms with Gasteiger partial charge in [-0.25, -0.2) is 0 Å². The van der Waals surface area contributed by atoms with Crippen LogP contribution in [0.15, 0.2) is 24.3 Å². The van der Waals surface area contributed by atoms with Gasteiger partial charge in [-0.2, -0.15) is 0 Å². The number of hydrogen-bond donors (Lipinski definition) is 1. The molecule has 1 nitrogen and oxygen atoms in total. The Morgan fingerprint density at radius 2 is 1.57 bits per heavy atom. The van der Waals surface area contributed by atoms with Crippen molar-refractivity contribution in [3.8, 4) is 0 Å². The Balaban J connectivity index is 3.11. The maximum atomic E-state index is 8.52. The second-order valence-electron chi connectivity index (χ2n) is 3.54. The van der Waals surface area contributed by atoms with Gasteiger partial charge in [-0.3, -0.25) is 0 Å². The van der Waals surface area contributed by atoms with Crippen LogP contribution in [0.3, 0.4) is 0 Å². The molecule has 0 rings (SSSR count). The van der Waals surface area contributed by atoms with Gasteiger partial charge in [0.1, 0.15) is 0 Å². The molecule has 0 aromatic heterocycles. The van der Waals surface area contributed by atoms with Crippen molar-refractivity contribution in [3.63, 3.8) is 0 Å². The zero-order chi connectivity index (χ0) is 10.5. The van der Waals surface area contributed by atoms with Gasteiger partial charge in [0.15, 0.2) is 0 Å². The molecule has 0 saturated carbocycles. The first-order valence-corrected chi connectivity index (χ1v) is 5.82. The normalized spacial score (nSPS) is 11.9. The van der Waals surface area contributed by atoms with E-state index in [4.69, 9.17) is 5.11 Å². The average Bonchev–Trinajstić information content (AvgIpc) is 2.21. The lowest BCUT2D eigenvalue weighted by Gasteiger charge is -1.93. The summed E-state index contributed by atoms with van der Waals surface area (Å²) < 4.78 is 0. The largest absolute Gasteiger partial charge is 0.396 e. The lowest BCUT2D eigenvalue weighted by molar-refractivity contribution is 0.302. The van der Waals surface area contributed by atoms with Gasteiger partial charge in [0, 0.05) is 6.61 Å². The Labute approximate surface area is 88.5 Å². The SMILES string of the molecule is CCCCCCC=CCC=CCCO. The summed E-state index contributed by atoms with van der Waals surface area (Å²) in [5, 5.41) is 8.52. The highest BCUT2D eigenvalue weighted by atomic mass is 16.2. The van der Waals surface area contributed by atoms with Gasteiger partial charge < -0.3 is 5.11 Å². The molecule has 0 aliphatic carbocycles. The summed E-state index contributed by atoms with van der Waals surface area (Å²) in [6, 6.07) is 0. The Kier molecular flexibility index (Phi) is 11.9. The van der Waals surface area contributed by atoms with Crippen molar-refractivity contribution in [2.24, 2.45) is 0 Å². The quantitative estimate of drug-likeness (QED) is 0.439. The molecule has 1 heteroatoms. The smallest absolute Gasteiger partial charge is 0.0465 e. The summed E-state index contributed by atoms with van der Waals surface area (Å²) >= 11 is 0.